The van der Waals surface area contributed by atoms with Crippen molar-refractivity contribution in [3.05, 3.63) is 76.0 Å². The van der Waals surface area contributed by atoms with Crippen LogP contribution < -0.4 is 5.32 Å². The number of benzene rings is 2. The largest absolute Gasteiger partial charge is 0.395 e. The van der Waals surface area contributed by atoms with Gasteiger partial charge in [-0.25, -0.2) is 0 Å². The Kier molecular flexibility index (Phi) is 5.11. The van der Waals surface area contributed by atoms with Crippen LogP contribution in [0.15, 0.2) is 54.7 Å². The van der Waals surface area contributed by atoms with Gasteiger partial charge in [-0.2, -0.15) is 0 Å². The number of H-pyrrole nitrogens is 1. The van der Waals surface area contributed by atoms with Gasteiger partial charge < -0.3 is 15.4 Å². The van der Waals surface area contributed by atoms with E-state index in [4.69, 9.17) is 0 Å². The third-order valence-electron chi connectivity index (χ3n) is 4.45. The number of aliphatic hydroxyl groups is 1. The summed E-state index contributed by atoms with van der Waals surface area (Å²) in [6, 6.07) is 14.4. The Hall–Kier alpha value is -2.70. The first-order valence-corrected chi connectivity index (χ1v) is 8.24. The Morgan fingerprint density at radius 2 is 1.92 bits per heavy atom. The summed E-state index contributed by atoms with van der Waals surface area (Å²) in [6.07, 6.45) is 2.67. The van der Waals surface area contributed by atoms with Gasteiger partial charge in [0.25, 0.3) is 5.69 Å². The van der Waals surface area contributed by atoms with Crippen LogP contribution in [-0.2, 0) is 6.42 Å². The summed E-state index contributed by atoms with van der Waals surface area (Å²) >= 11 is 0. The number of aliphatic hydroxyl groups excluding tert-OH is 1. The molecule has 2 atom stereocenters. The maximum absolute atomic E-state index is 10.7. The number of hydrogen-bond acceptors (Lipinski definition) is 4. The Balaban J connectivity index is 1.70. The third-order valence-corrected chi connectivity index (χ3v) is 4.45. The minimum atomic E-state index is -0.407. The van der Waals surface area contributed by atoms with E-state index in [1.165, 1.54) is 12.1 Å². The van der Waals surface area contributed by atoms with Crippen LogP contribution in [-0.4, -0.2) is 27.7 Å². The standard InChI is InChI=1S/C19H21N3O3/c1-13(14-6-8-17(9-7-14)22(24)25)21-16(12-23)10-15-11-20-19-5-3-2-4-18(15)19/h2-9,11,13,16,20-21,23H,10,12H2,1H3/t13-,16+/m1/s1. The highest BCUT2D eigenvalue weighted by molar-refractivity contribution is 5.83. The predicted molar refractivity (Wildman–Crippen MR) is 97.5 cm³/mol. The summed E-state index contributed by atoms with van der Waals surface area (Å²) in [5.41, 5.74) is 3.26. The molecule has 1 aromatic heterocycles. The fourth-order valence-electron chi connectivity index (χ4n) is 3.08. The van der Waals surface area contributed by atoms with Gasteiger partial charge in [-0.3, -0.25) is 10.1 Å². The fourth-order valence-corrected chi connectivity index (χ4v) is 3.08. The fraction of sp³-hybridized carbons (Fsp3) is 0.263. The van der Waals surface area contributed by atoms with Crippen molar-refractivity contribution in [1.82, 2.24) is 10.3 Å². The van der Waals surface area contributed by atoms with Crippen LogP contribution in [0.3, 0.4) is 0 Å². The molecule has 3 N–H and O–H groups in total. The van der Waals surface area contributed by atoms with Crippen LogP contribution in [0.5, 0.6) is 0 Å². The summed E-state index contributed by atoms with van der Waals surface area (Å²) < 4.78 is 0. The smallest absolute Gasteiger partial charge is 0.269 e. The number of rotatable bonds is 7. The highest BCUT2D eigenvalue weighted by Crippen LogP contribution is 2.21. The van der Waals surface area contributed by atoms with Crippen LogP contribution >= 0.6 is 0 Å². The minimum absolute atomic E-state index is 0.0107. The third kappa shape index (κ3) is 3.87. The molecule has 6 nitrogen and oxygen atoms in total. The first-order chi connectivity index (χ1) is 12.1. The van der Waals surface area contributed by atoms with Crippen molar-refractivity contribution in [3.8, 4) is 0 Å². The molecule has 1 heterocycles. The molecule has 0 unspecified atom stereocenters. The zero-order valence-electron chi connectivity index (χ0n) is 14.0. The number of nitro benzene ring substituents is 1. The van der Waals surface area contributed by atoms with Crippen molar-refractivity contribution in [3.63, 3.8) is 0 Å². The van der Waals surface area contributed by atoms with Crippen molar-refractivity contribution in [2.45, 2.75) is 25.4 Å². The normalized spacial score (nSPS) is 13.7. The van der Waals surface area contributed by atoms with Crippen LogP contribution in [0.2, 0.25) is 0 Å². The number of aromatic amines is 1. The molecule has 0 bridgehead atoms. The maximum Gasteiger partial charge on any atom is 0.269 e. The van der Waals surface area contributed by atoms with Gasteiger partial charge in [-0.15, -0.1) is 0 Å². The Morgan fingerprint density at radius 1 is 1.20 bits per heavy atom. The summed E-state index contributed by atoms with van der Waals surface area (Å²) in [5, 5.41) is 25.1. The highest BCUT2D eigenvalue weighted by Gasteiger charge is 2.16. The van der Waals surface area contributed by atoms with E-state index in [-0.39, 0.29) is 24.4 Å². The molecule has 25 heavy (non-hydrogen) atoms. The molecule has 0 amide bonds. The molecule has 3 aromatic rings. The number of hydrogen-bond donors (Lipinski definition) is 3. The highest BCUT2D eigenvalue weighted by atomic mass is 16.6. The number of nitrogens with zero attached hydrogens (tertiary/aromatic N) is 1. The molecule has 0 saturated heterocycles. The van der Waals surface area contributed by atoms with E-state index in [0.717, 1.165) is 22.0 Å². The van der Waals surface area contributed by atoms with Crippen molar-refractivity contribution >= 4 is 16.6 Å². The van der Waals surface area contributed by atoms with Gasteiger partial charge in [0.1, 0.15) is 0 Å². The molecule has 2 aromatic carbocycles. The summed E-state index contributed by atoms with van der Waals surface area (Å²) in [7, 11) is 0. The van der Waals surface area contributed by atoms with E-state index in [1.807, 2.05) is 31.3 Å². The molecule has 0 aliphatic carbocycles. The SMILES string of the molecule is C[C@@H](N[C@H](CO)Cc1c[nH]c2ccccc12)c1ccc([N+](=O)[O-])cc1. The number of nitrogens with one attached hydrogen (secondary N) is 2. The molecule has 0 fully saturated rings. The van der Waals surface area contributed by atoms with Crippen LogP contribution in [0.1, 0.15) is 24.1 Å². The minimum Gasteiger partial charge on any atom is -0.395 e. The van der Waals surface area contributed by atoms with Gasteiger partial charge in [0, 0.05) is 41.3 Å². The monoisotopic (exact) mass is 339 g/mol. The molecule has 3 rings (SSSR count). The second-order valence-corrected chi connectivity index (χ2v) is 6.18. The van der Waals surface area contributed by atoms with E-state index >= 15 is 0 Å². The second-order valence-electron chi connectivity index (χ2n) is 6.18. The van der Waals surface area contributed by atoms with Crippen LogP contribution in [0.25, 0.3) is 10.9 Å². The van der Waals surface area contributed by atoms with E-state index in [0.29, 0.717) is 6.42 Å². The zero-order chi connectivity index (χ0) is 17.8. The van der Waals surface area contributed by atoms with Gasteiger partial charge in [-0.05, 0) is 30.5 Å². The predicted octanol–water partition coefficient (Wildman–Crippen LogP) is 3.33. The molecular weight excluding hydrogens is 318 g/mol. The average Bonchev–Trinajstić information content (AvgIpc) is 3.04. The van der Waals surface area contributed by atoms with E-state index in [1.54, 1.807) is 12.1 Å². The van der Waals surface area contributed by atoms with Gasteiger partial charge in [0.15, 0.2) is 0 Å². The van der Waals surface area contributed by atoms with Crippen molar-refractivity contribution in [2.75, 3.05) is 6.61 Å². The topological polar surface area (TPSA) is 91.2 Å². The zero-order valence-corrected chi connectivity index (χ0v) is 14.0. The van der Waals surface area contributed by atoms with Crippen LogP contribution in [0.4, 0.5) is 5.69 Å². The number of aromatic nitrogens is 1. The molecule has 0 saturated carbocycles. The molecule has 0 aliphatic heterocycles. The van der Waals surface area contributed by atoms with Gasteiger partial charge in [-0.1, -0.05) is 30.3 Å². The van der Waals surface area contributed by atoms with E-state index < -0.39 is 4.92 Å². The van der Waals surface area contributed by atoms with Gasteiger partial charge in [0.05, 0.1) is 11.5 Å². The lowest BCUT2D eigenvalue weighted by molar-refractivity contribution is -0.384. The lowest BCUT2D eigenvalue weighted by atomic mass is 10.0. The molecule has 0 spiro atoms. The molecule has 6 heteroatoms. The van der Waals surface area contributed by atoms with E-state index in [2.05, 4.69) is 16.4 Å². The summed E-state index contributed by atoms with van der Waals surface area (Å²) in [5.74, 6) is 0. The first-order valence-electron chi connectivity index (χ1n) is 8.24. The number of para-hydroxylation sites is 1. The summed E-state index contributed by atoms with van der Waals surface area (Å²) in [6.45, 7) is 2.00. The quantitative estimate of drug-likeness (QED) is 0.455. The Bertz CT molecular complexity index is 858. The molecule has 0 aliphatic rings. The Labute approximate surface area is 145 Å². The maximum atomic E-state index is 10.7. The van der Waals surface area contributed by atoms with Crippen molar-refractivity contribution < 1.29 is 10.0 Å². The number of nitro groups is 1. The van der Waals surface area contributed by atoms with Crippen molar-refractivity contribution in [1.29, 1.82) is 0 Å². The average molecular weight is 339 g/mol. The van der Waals surface area contributed by atoms with Gasteiger partial charge >= 0.3 is 0 Å². The number of fused-ring (bicyclic) bond motifs is 1. The lowest BCUT2D eigenvalue weighted by Gasteiger charge is -2.22. The second kappa shape index (κ2) is 7.46. The molecule has 0 radical (unpaired) electrons. The van der Waals surface area contributed by atoms with Crippen LogP contribution in [0, 0.1) is 10.1 Å². The Morgan fingerprint density at radius 3 is 2.60 bits per heavy atom. The number of non-ortho nitro benzene ring substituents is 1. The molecular formula is C19H21N3O3. The van der Waals surface area contributed by atoms with Gasteiger partial charge in [0.2, 0.25) is 0 Å². The summed E-state index contributed by atoms with van der Waals surface area (Å²) in [4.78, 5) is 13.6. The van der Waals surface area contributed by atoms with E-state index in [9.17, 15) is 15.2 Å². The van der Waals surface area contributed by atoms with Crippen molar-refractivity contribution in [2.24, 2.45) is 0 Å². The first kappa shape index (κ1) is 17.1. The lowest BCUT2D eigenvalue weighted by Crippen LogP contribution is -2.36. The molecule has 130 valence electrons.